The van der Waals surface area contributed by atoms with E-state index in [9.17, 15) is 36.3 Å². The Morgan fingerprint density at radius 1 is 0.698 bits per heavy atom. The van der Waals surface area contributed by atoms with E-state index in [1.807, 2.05) is 41.4 Å². The molecule has 20 nitrogen and oxygen atoms in total. The van der Waals surface area contributed by atoms with Gasteiger partial charge in [-0.3, -0.25) is 19.3 Å². The van der Waals surface area contributed by atoms with E-state index >= 15 is 0 Å². The van der Waals surface area contributed by atoms with Crippen molar-refractivity contribution in [2.45, 2.75) is 140 Å². The molecule has 25 heteroatoms. The van der Waals surface area contributed by atoms with Gasteiger partial charge in [0.25, 0.3) is 0 Å². The second-order valence-electron chi connectivity index (χ2n) is 22.3. The predicted octanol–water partition coefficient (Wildman–Crippen LogP) is 7.48. The van der Waals surface area contributed by atoms with E-state index in [0.717, 1.165) is 67.8 Å². The minimum Gasteiger partial charge on any atom is -0.420 e. The summed E-state index contributed by atoms with van der Waals surface area (Å²) >= 11 is 0. The third kappa shape index (κ3) is 21.1. The SMILES string of the molecule is Cc1nc2c(n1C1CC3CCC(C1)N3CC[C@H](NC(=O)C1CCC(F)(F)CC1)c1ccccc1)CCN(C(=O)CCCc1cn(CCOCCOCCOCCOCCOCCOCCOCCOCCC(=O)Oc3c(F)cc(F)cc3F)nn1)C2. The maximum atomic E-state index is 13.9. The Bertz CT molecular complexity index is 2660. The lowest BCUT2D eigenvalue weighted by atomic mass is 9.86. The molecule has 2 bridgehead atoms. The van der Waals surface area contributed by atoms with Gasteiger partial charge in [-0.1, -0.05) is 35.5 Å². The minimum atomic E-state index is -2.67. The highest BCUT2D eigenvalue weighted by atomic mass is 19.3. The van der Waals surface area contributed by atoms with Gasteiger partial charge in [-0.25, -0.2) is 31.6 Å². The van der Waals surface area contributed by atoms with E-state index in [1.165, 1.54) is 5.69 Å². The van der Waals surface area contributed by atoms with Gasteiger partial charge in [0.05, 0.1) is 143 Å². The summed E-state index contributed by atoms with van der Waals surface area (Å²) < 4.78 is 121. The van der Waals surface area contributed by atoms with Crippen molar-refractivity contribution in [2.75, 3.05) is 119 Å². The number of nitrogens with one attached hydrogen (secondary N) is 1. The van der Waals surface area contributed by atoms with Gasteiger partial charge in [-0.05, 0) is 70.3 Å². The molecule has 2 amide bonds. The number of benzene rings is 2. The van der Waals surface area contributed by atoms with Gasteiger partial charge in [0.1, 0.15) is 11.6 Å². The predicted molar refractivity (Wildman–Crippen MR) is 303 cm³/mol. The van der Waals surface area contributed by atoms with Gasteiger partial charge in [0.2, 0.25) is 23.5 Å². The number of aromatic nitrogens is 5. The number of ether oxygens (including phenoxy) is 9. The first-order chi connectivity index (χ1) is 41.8. The molecule has 1 aliphatic carbocycles. The van der Waals surface area contributed by atoms with E-state index in [2.05, 4.69) is 36.8 Å². The zero-order chi connectivity index (χ0) is 60.5. The lowest BCUT2D eigenvalue weighted by Gasteiger charge is -2.41. The third-order valence-corrected chi connectivity index (χ3v) is 16.2. The Kier molecular flexibility index (Phi) is 26.9. The van der Waals surface area contributed by atoms with Crippen LogP contribution in [0.4, 0.5) is 22.0 Å². The third-order valence-electron chi connectivity index (χ3n) is 16.2. The number of esters is 1. The van der Waals surface area contributed by atoms with Crippen LogP contribution >= 0.6 is 0 Å². The Labute approximate surface area is 499 Å². The molecular weight excluding hydrogens is 1130 g/mol. The van der Waals surface area contributed by atoms with Gasteiger partial charge in [-0.15, -0.1) is 5.10 Å². The van der Waals surface area contributed by atoms with Crippen LogP contribution in [0.15, 0.2) is 48.7 Å². The molecule has 4 aromatic rings. The summed E-state index contributed by atoms with van der Waals surface area (Å²) in [5, 5.41) is 11.8. The van der Waals surface area contributed by atoms with E-state index in [4.69, 9.17) is 42.9 Å². The van der Waals surface area contributed by atoms with Crippen LogP contribution in [0, 0.1) is 30.3 Å². The summed E-state index contributed by atoms with van der Waals surface area (Å²) in [6.45, 7) is 10.4. The van der Waals surface area contributed by atoms with E-state index in [1.54, 1.807) is 4.68 Å². The van der Waals surface area contributed by atoms with Crippen LogP contribution < -0.4 is 10.1 Å². The fourth-order valence-electron chi connectivity index (χ4n) is 11.8. The number of piperidine rings is 1. The second kappa shape index (κ2) is 34.9. The smallest absolute Gasteiger partial charge is 0.313 e. The first-order valence-electron chi connectivity index (χ1n) is 30.5. The molecule has 5 heterocycles. The molecule has 2 aromatic heterocycles. The fourth-order valence-corrected chi connectivity index (χ4v) is 11.8. The number of carbonyl (C=O) groups is 3. The Hall–Kier alpha value is -5.51. The maximum absolute atomic E-state index is 13.9. The van der Waals surface area contributed by atoms with Gasteiger partial charge in [-0.2, -0.15) is 0 Å². The Morgan fingerprint density at radius 2 is 1.26 bits per heavy atom. The topological polar surface area (TPSA) is 201 Å². The lowest BCUT2D eigenvalue weighted by molar-refractivity contribution is -0.136. The highest BCUT2D eigenvalue weighted by Crippen LogP contribution is 2.43. The van der Waals surface area contributed by atoms with Crippen LogP contribution in [-0.4, -0.2) is 189 Å². The normalized spacial score (nSPS) is 19.0. The Balaban J connectivity index is 0.585. The standard InChI is InChI=1S/C61H85F5N8O12/c1-44-67-55-43-71(19-15-56(55)74(44)51-40-49-10-11-50(41-51)73(49)20-14-54(45-6-3-2-4-7-45)68-60(77)46-12-17-61(65,66)18-13-46)57(75)9-5-8-48-42-72(70-69-48)21-23-79-25-27-81-29-31-83-33-35-85-37-36-84-34-32-82-30-28-80-26-24-78-22-16-58(76)86-59-52(63)38-47(62)39-53(59)64/h2-4,6-7,38-39,42,46,49-51,54H,5,8-37,40-41,43H2,1H3,(H,68,77)/t49?,50?,51?,54-/m0/s1. The number of imidazole rings is 1. The zero-order valence-electron chi connectivity index (χ0n) is 49.5. The number of rotatable bonds is 39. The van der Waals surface area contributed by atoms with Crippen LogP contribution in [0.25, 0.3) is 0 Å². The quantitative estimate of drug-likeness (QED) is 0.0199. The van der Waals surface area contributed by atoms with Crippen LogP contribution in [0.2, 0.25) is 0 Å². The molecule has 3 aliphatic heterocycles. The highest BCUT2D eigenvalue weighted by Gasteiger charge is 2.43. The Morgan fingerprint density at radius 3 is 1.84 bits per heavy atom. The first-order valence-corrected chi connectivity index (χ1v) is 30.5. The van der Waals surface area contributed by atoms with Crippen molar-refractivity contribution in [3.05, 3.63) is 94.6 Å². The van der Waals surface area contributed by atoms with Crippen LogP contribution in [-0.2, 0) is 78.2 Å². The summed E-state index contributed by atoms with van der Waals surface area (Å²) in [5.74, 6) is -7.62. The maximum Gasteiger partial charge on any atom is 0.313 e. The number of amides is 2. The number of hydrogen-bond acceptors (Lipinski definition) is 16. The zero-order valence-corrected chi connectivity index (χ0v) is 49.5. The van der Waals surface area contributed by atoms with Gasteiger partial charge >= 0.3 is 5.97 Å². The molecule has 0 radical (unpaired) electrons. The van der Waals surface area contributed by atoms with Crippen LogP contribution in [0.5, 0.6) is 5.75 Å². The largest absolute Gasteiger partial charge is 0.420 e. The molecule has 4 aliphatic rings. The molecule has 3 fully saturated rings. The van der Waals surface area contributed by atoms with Gasteiger partial charge < -0.3 is 57.4 Å². The molecule has 1 saturated carbocycles. The molecule has 0 spiro atoms. The number of halogens is 5. The first kappa shape index (κ1) is 66.4. The van der Waals surface area contributed by atoms with Crippen molar-refractivity contribution >= 4 is 17.8 Å². The van der Waals surface area contributed by atoms with Crippen LogP contribution in [0.1, 0.15) is 118 Å². The number of aryl methyl sites for hydroxylation is 2. The average molecular weight is 1220 g/mol. The molecule has 86 heavy (non-hydrogen) atoms. The van der Waals surface area contributed by atoms with Crippen molar-refractivity contribution in [3.8, 4) is 5.75 Å². The van der Waals surface area contributed by atoms with E-state index in [-0.39, 0.29) is 75.7 Å². The van der Waals surface area contributed by atoms with Crippen molar-refractivity contribution < 1.29 is 79.0 Å². The summed E-state index contributed by atoms with van der Waals surface area (Å²) in [4.78, 5) is 48.3. The van der Waals surface area contributed by atoms with Crippen molar-refractivity contribution in [1.29, 1.82) is 0 Å². The summed E-state index contributed by atoms with van der Waals surface area (Å²) in [5.41, 5.74) is 4.14. The number of nitrogens with zero attached hydrogens (tertiary/aromatic N) is 7. The van der Waals surface area contributed by atoms with Gasteiger partial charge in [0.15, 0.2) is 11.6 Å². The highest BCUT2D eigenvalue weighted by molar-refractivity contribution is 5.79. The summed E-state index contributed by atoms with van der Waals surface area (Å²) in [6.07, 6.45) is 9.27. The van der Waals surface area contributed by atoms with Gasteiger partial charge in [0, 0.05) is 86.8 Å². The molecule has 2 unspecified atom stereocenters. The fraction of sp³-hybridized carbons (Fsp3) is 0.672. The number of hydrogen-bond donors (Lipinski definition) is 1. The second-order valence-corrected chi connectivity index (χ2v) is 22.3. The molecule has 2 saturated heterocycles. The number of fused-ring (bicyclic) bond motifs is 3. The molecule has 1 N–H and O–H groups in total. The monoisotopic (exact) mass is 1220 g/mol. The molecular formula is C61H85F5N8O12. The lowest BCUT2D eigenvalue weighted by Crippen LogP contribution is -2.45. The molecule has 476 valence electrons. The van der Waals surface area contributed by atoms with Crippen LogP contribution in [0.3, 0.4) is 0 Å². The van der Waals surface area contributed by atoms with Crippen molar-refractivity contribution in [1.82, 2.24) is 39.7 Å². The van der Waals surface area contributed by atoms with Crippen molar-refractivity contribution in [3.63, 3.8) is 0 Å². The summed E-state index contributed by atoms with van der Waals surface area (Å²) in [7, 11) is 0. The summed E-state index contributed by atoms with van der Waals surface area (Å²) in [6, 6.07) is 11.9. The molecule has 2 aromatic carbocycles. The van der Waals surface area contributed by atoms with E-state index in [0.29, 0.717) is 155 Å². The number of carbonyl (C=O) groups excluding carboxylic acids is 3. The number of alkyl halides is 2. The van der Waals surface area contributed by atoms with E-state index < -0.39 is 35.1 Å². The molecule has 3 atom stereocenters. The minimum absolute atomic E-state index is 0.0480. The average Bonchev–Trinajstić information content (AvgIpc) is 1.85. The van der Waals surface area contributed by atoms with Crippen molar-refractivity contribution in [2.24, 2.45) is 5.92 Å². The molecule has 8 rings (SSSR count).